The van der Waals surface area contributed by atoms with Gasteiger partial charge in [0.25, 0.3) is 5.91 Å². The summed E-state index contributed by atoms with van der Waals surface area (Å²) < 4.78 is 64.0. The zero-order valence-corrected chi connectivity index (χ0v) is 13.0. The van der Waals surface area contributed by atoms with Crippen LogP contribution in [0.15, 0.2) is 42.5 Å². The third-order valence-corrected chi connectivity index (χ3v) is 3.50. The summed E-state index contributed by atoms with van der Waals surface area (Å²) in [6, 6.07) is 4.41. The summed E-state index contributed by atoms with van der Waals surface area (Å²) >= 11 is 0. The predicted molar refractivity (Wildman–Crippen MR) is 80.4 cm³/mol. The van der Waals surface area contributed by atoms with Crippen LogP contribution in [0.25, 0.3) is 0 Å². The van der Waals surface area contributed by atoms with Gasteiger partial charge in [0, 0.05) is 12.5 Å². The van der Waals surface area contributed by atoms with Gasteiger partial charge in [-0.25, -0.2) is 13.6 Å². The van der Waals surface area contributed by atoms with Gasteiger partial charge in [0.15, 0.2) is 0 Å². The Hall–Kier alpha value is -2.97. The van der Waals surface area contributed by atoms with Crippen molar-refractivity contribution in [2.75, 3.05) is 0 Å². The van der Waals surface area contributed by atoms with E-state index in [2.05, 4.69) is 5.32 Å². The number of hydrogen-bond acceptors (Lipinski definition) is 2. The predicted octanol–water partition coefficient (Wildman–Crippen LogP) is 3.41. The van der Waals surface area contributed by atoms with Crippen LogP contribution in [0.3, 0.4) is 0 Å². The molecule has 0 aliphatic carbocycles. The molecule has 2 aromatic carbocycles. The normalized spacial score (nSPS) is 12.5. The number of alkyl halides is 3. The van der Waals surface area contributed by atoms with Crippen molar-refractivity contribution in [2.24, 2.45) is 0 Å². The number of rotatable bonds is 5. The van der Waals surface area contributed by atoms with Gasteiger partial charge in [0.2, 0.25) is 0 Å². The molecule has 9 heteroatoms. The maximum absolute atomic E-state index is 13.6. The minimum atomic E-state index is -4.53. The molecule has 0 saturated heterocycles. The van der Waals surface area contributed by atoms with Crippen LogP contribution in [-0.4, -0.2) is 23.0 Å². The smallest absolute Gasteiger partial charge is 0.416 e. The van der Waals surface area contributed by atoms with E-state index >= 15 is 0 Å². The van der Waals surface area contributed by atoms with Gasteiger partial charge in [-0.1, -0.05) is 12.1 Å². The minimum Gasteiger partial charge on any atom is -0.480 e. The summed E-state index contributed by atoms with van der Waals surface area (Å²) in [5.41, 5.74) is -1.22. The summed E-state index contributed by atoms with van der Waals surface area (Å²) in [5, 5.41) is 11.2. The third-order valence-electron chi connectivity index (χ3n) is 3.50. The molecular formula is C17H12F5NO3. The Bertz CT molecular complexity index is 818. The topological polar surface area (TPSA) is 66.4 Å². The van der Waals surface area contributed by atoms with Crippen LogP contribution in [0.4, 0.5) is 22.0 Å². The van der Waals surface area contributed by atoms with Crippen molar-refractivity contribution >= 4 is 11.9 Å². The summed E-state index contributed by atoms with van der Waals surface area (Å²) in [7, 11) is 0. The fourth-order valence-corrected chi connectivity index (χ4v) is 2.18. The summed E-state index contributed by atoms with van der Waals surface area (Å²) in [6.07, 6.45) is -4.85. The molecule has 0 saturated carbocycles. The van der Waals surface area contributed by atoms with Crippen LogP contribution in [0, 0.1) is 11.6 Å². The van der Waals surface area contributed by atoms with Crippen molar-refractivity contribution in [3.8, 4) is 0 Å². The number of carbonyl (C=O) groups excluding carboxylic acids is 1. The van der Waals surface area contributed by atoms with E-state index < -0.39 is 46.9 Å². The Morgan fingerprint density at radius 3 is 2.15 bits per heavy atom. The molecule has 0 fully saturated rings. The largest absolute Gasteiger partial charge is 0.480 e. The maximum atomic E-state index is 13.6. The Morgan fingerprint density at radius 2 is 1.65 bits per heavy atom. The Labute approximate surface area is 144 Å². The molecule has 0 aliphatic heterocycles. The van der Waals surface area contributed by atoms with Gasteiger partial charge in [-0.2, -0.15) is 13.2 Å². The highest BCUT2D eigenvalue weighted by Crippen LogP contribution is 2.29. The molecule has 0 aromatic heterocycles. The number of nitrogens with one attached hydrogen (secondary N) is 1. The lowest BCUT2D eigenvalue weighted by molar-refractivity contribution is -0.139. The first-order chi connectivity index (χ1) is 12.1. The second-order valence-electron chi connectivity index (χ2n) is 5.39. The van der Waals surface area contributed by atoms with E-state index in [4.69, 9.17) is 0 Å². The second-order valence-corrected chi connectivity index (χ2v) is 5.39. The first-order valence-electron chi connectivity index (χ1n) is 7.23. The number of carbonyl (C=O) groups is 2. The van der Waals surface area contributed by atoms with Gasteiger partial charge in [-0.05, 0) is 29.8 Å². The van der Waals surface area contributed by atoms with Gasteiger partial charge in [0.05, 0.1) is 11.1 Å². The molecule has 0 spiro atoms. The van der Waals surface area contributed by atoms with Crippen LogP contribution in [-0.2, 0) is 17.4 Å². The third kappa shape index (κ3) is 4.78. The molecule has 2 aromatic rings. The number of benzene rings is 2. The lowest BCUT2D eigenvalue weighted by Crippen LogP contribution is -2.42. The van der Waals surface area contributed by atoms with Crippen molar-refractivity contribution in [1.29, 1.82) is 0 Å². The second kappa shape index (κ2) is 7.51. The molecule has 0 radical (unpaired) electrons. The average molecular weight is 373 g/mol. The van der Waals surface area contributed by atoms with Crippen molar-refractivity contribution in [1.82, 2.24) is 5.32 Å². The van der Waals surface area contributed by atoms with Crippen molar-refractivity contribution in [3.05, 3.63) is 70.8 Å². The summed E-state index contributed by atoms with van der Waals surface area (Å²) in [4.78, 5) is 23.3. The lowest BCUT2D eigenvalue weighted by atomic mass is 10.0. The van der Waals surface area contributed by atoms with Crippen molar-refractivity contribution in [2.45, 2.75) is 18.6 Å². The fourth-order valence-electron chi connectivity index (χ4n) is 2.18. The van der Waals surface area contributed by atoms with E-state index in [0.29, 0.717) is 6.07 Å². The van der Waals surface area contributed by atoms with E-state index in [-0.39, 0.29) is 12.0 Å². The van der Waals surface area contributed by atoms with E-state index in [1.165, 1.54) is 0 Å². The van der Waals surface area contributed by atoms with Gasteiger partial charge in [-0.15, -0.1) is 0 Å². The van der Waals surface area contributed by atoms with Gasteiger partial charge in [-0.3, -0.25) is 4.79 Å². The molecule has 1 atom stereocenters. The lowest BCUT2D eigenvalue weighted by Gasteiger charge is -2.15. The quantitative estimate of drug-likeness (QED) is 0.790. The average Bonchev–Trinajstić information content (AvgIpc) is 2.53. The molecular weight excluding hydrogens is 361 g/mol. The Kier molecular flexibility index (Phi) is 5.59. The maximum Gasteiger partial charge on any atom is 0.416 e. The first-order valence-corrected chi connectivity index (χ1v) is 7.23. The zero-order chi connectivity index (χ0) is 19.5. The number of aliphatic carboxylic acids is 1. The standard InChI is InChI=1S/C17H12F5NO3/c18-11-5-6-12(13(19)8-11)15(24)23-14(16(25)26)7-9-1-3-10(4-2-9)17(20,21)22/h1-6,8,14H,7H2,(H,23,24)(H,25,26)/t14-/m0/s1. The van der Waals surface area contributed by atoms with E-state index in [1.54, 1.807) is 0 Å². The first kappa shape index (κ1) is 19.4. The Balaban J connectivity index is 2.14. The molecule has 138 valence electrons. The summed E-state index contributed by atoms with van der Waals surface area (Å²) in [5.74, 6) is -4.61. The number of amides is 1. The molecule has 26 heavy (non-hydrogen) atoms. The zero-order valence-electron chi connectivity index (χ0n) is 13.0. The fraction of sp³-hybridized carbons (Fsp3) is 0.176. The molecule has 2 N–H and O–H groups in total. The van der Waals surface area contributed by atoms with Crippen LogP contribution < -0.4 is 5.32 Å². The monoisotopic (exact) mass is 373 g/mol. The Morgan fingerprint density at radius 1 is 1.04 bits per heavy atom. The van der Waals surface area contributed by atoms with E-state index in [1.807, 2.05) is 0 Å². The van der Waals surface area contributed by atoms with Crippen LogP contribution in [0.5, 0.6) is 0 Å². The molecule has 0 aliphatic rings. The van der Waals surface area contributed by atoms with Gasteiger partial charge < -0.3 is 10.4 Å². The summed E-state index contributed by atoms with van der Waals surface area (Å²) in [6.45, 7) is 0. The van der Waals surface area contributed by atoms with Gasteiger partial charge >= 0.3 is 12.1 Å². The highest BCUT2D eigenvalue weighted by molar-refractivity contribution is 5.96. The van der Waals surface area contributed by atoms with Crippen molar-refractivity contribution < 1.29 is 36.6 Å². The van der Waals surface area contributed by atoms with Crippen molar-refractivity contribution in [3.63, 3.8) is 0 Å². The van der Waals surface area contributed by atoms with Crippen LogP contribution >= 0.6 is 0 Å². The number of halogens is 5. The number of hydrogen-bond donors (Lipinski definition) is 2. The highest BCUT2D eigenvalue weighted by atomic mass is 19.4. The van der Waals surface area contributed by atoms with Crippen LogP contribution in [0.1, 0.15) is 21.5 Å². The molecule has 0 unspecified atom stereocenters. The molecule has 0 heterocycles. The highest BCUT2D eigenvalue weighted by Gasteiger charge is 2.30. The SMILES string of the molecule is O=C(N[C@@H](Cc1ccc(C(F)(F)F)cc1)C(=O)O)c1ccc(F)cc1F. The van der Waals surface area contributed by atoms with Crippen LogP contribution in [0.2, 0.25) is 0 Å². The minimum absolute atomic E-state index is 0.227. The molecule has 2 rings (SSSR count). The van der Waals surface area contributed by atoms with E-state index in [9.17, 15) is 36.6 Å². The molecule has 4 nitrogen and oxygen atoms in total. The van der Waals surface area contributed by atoms with Gasteiger partial charge in [0.1, 0.15) is 17.7 Å². The molecule has 0 bridgehead atoms. The van der Waals surface area contributed by atoms with E-state index in [0.717, 1.165) is 36.4 Å². The number of carboxylic acid groups (broad SMARTS) is 1. The number of carboxylic acids is 1. The molecule has 1 amide bonds.